The number of aryl methyl sites for hydroxylation is 1. The van der Waals surface area contributed by atoms with Crippen LogP contribution in [0.3, 0.4) is 0 Å². The Morgan fingerprint density at radius 1 is 1.42 bits per heavy atom. The van der Waals surface area contributed by atoms with Crippen LogP contribution in [0.25, 0.3) is 0 Å². The summed E-state index contributed by atoms with van der Waals surface area (Å²) in [6.07, 6.45) is 6.94. The maximum Gasteiger partial charge on any atom is 0.250 e. The van der Waals surface area contributed by atoms with Crippen LogP contribution < -0.4 is 11.3 Å². The number of anilines is 1. The van der Waals surface area contributed by atoms with Gasteiger partial charge in [0.15, 0.2) is 0 Å². The minimum atomic E-state index is 0.0382. The van der Waals surface area contributed by atoms with E-state index in [1.807, 2.05) is 0 Å². The predicted molar refractivity (Wildman–Crippen MR) is 79.2 cm³/mol. The molecule has 1 fully saturated rings. The van der Waals surface area contributed by atoms with Gasteiger partial charge in [-0.3, -0.25) is 4.79 Å². The molecule has 1 aliphatic rings. The standard InChI is InChI=1S/C15H25N3O/c1-2-17(11-13-5-3-6-13)9-4-10-18-12-14(16)7-8-15(18)19/h7-8,12-13H,2-6,9-11,16H2,1H3. The van der Waals surface area contributed by atoms with Crippen LogP contribution in [0.15, 0.2) is 23.1 Å². The first-order valence-corrected chi connectivity index (χ1v) is 7.37. The Kier molecular flexibility index (Phi) is 5.02. The first kappa shape index (κ1) is 14.1. The normalized spacial score (nSPS) is 15.7. The fraction of sp³-hybridized carbons (Fsp3) is 0.667. The third-order valence-electron chi connectivity index (χ3n) is 4.07. The summed E-state index contributed by atoms with van der Waals surface area (Å²) in [5.74, 6) is 0.912. The van der Waals surface area contributed by atoms with Crippen LogP contribution in [0.4, 0.5) is 5.69 Å². The van der Waals surface area contributed by atoms with Crippen molar-refractivity contribution in [2.75, 3.05) is 25.4 Å². The summed E-state index contributed by atoms with van der Waals surface area (Å²) in [4.78, 5) is 14.1. The van der Waals surface area contributed by atoms with Crippen LogP contribution in [0.2, 0.25) is 0 Å². The Labute approximate surface area is 115 Å². The van der Waals surface area contributed by atoms with E-state index in [4.69, 9.17) is 5.73 Å². The van der Waals surface area contributed by atoms with Gasteiger partial charge in [0, 0.05) is 31.0 Å². The van der Waals surface area contributed by atoms with Crippen molar-refractivity contribution in [1.82, 2.24) is 9.47 Å². The molecule has 0 aromatic carbocycles. The number of aromatic nitrogens is 1. The van der Waals surface area contributed by atoms with Gasteiger partial charge in [-0.2, -0.15) is 0 Å². The molecule has 106 valence electrons. The van der Waals surface area contributed by atoms with Gasteiger partial charge in [0.1, 0.15) is 0 Å². The van der Waals surface area contributed by atoms with Gasteiger partial charge in [0.05, 0.1) is 0 Å². The highest BCUT2D eigenvalue weighted by Gasteiger charge is 2.19. The summed E-state index contributed by atoms with van der Waals surface area (Å²) in [7, 11) is 0. The van der Waals surface area contributed by atoms with Crippen molar-refractivity contribution in [1.29, 1.82) is 0 Å². The highest BCUT2D eigenvalue weighted by Crippen LogP contribution is 2.26. The van der Waals surface area contributed by atoms with Gasteiger partial charge in [-0.15, -0.1) is 0 Å². The summed E-state index contributed by atoms with van der Waals surface area (Å²) in [6, 6.07) is 3.20. The van der Waals surface area contributed by atoms with E-state index in [2.05, 4.69) is 11.8 Å². The lowest BCUT2D eigenvalue weighted by Gasteiger charge is -2.31. The number of nitrogens with two attached hydrogens (primary N) is 1. The summed E-state index contributed by atoms with van der Waals surface area (Å²) in [5, 5.41) is 0. The van der Waals surface area contributed by atoms with Gasteiger partial charge in [-0.25, -0.2) is 0 Å². The molecule has 2 rings (SSSR count). The van der Waals surface area contributed by atoms with Crippen molar-refractivity contribution in [3.8, 4) is 0 Å². The topological polar surface area (TPSA) is 51.3 Å². The molecule has 1 heterocycles. The molecule has 1 aromatic rings. The Morgan fingerprint density at radius 2 is 2.21 bits per heavy atom. The van der Waals surface area contributed by atoms with Crippen LogP contribution in [-0.4, -0.2) is 29.1 Å². The monoisotopic (exact) mass is 263 g/mol. The van der Waals surface area contributed by atoms with E-state index in [1.54, 1.807) is 22.9 Å². The molecule has 0 amide bonds. The summed E-state index contributed by atoms with van der Waals surface area (Å²) < 4.78 is 1.71. The van der Waals surface area contributed by atoms with Crippen molar-refractivity contribution in [3.63, 3.8) is 0 Å². The molecule has 19 heavy (non-hydrogen) atoms. The molecule has 0 unspecified atom stereocenters. The summed E-state index contributed by atoms with van der Waals surface area (Å²) >= 11 is 0. The smallest absolute Gasteiger partial charge is 0.250 e. The highest BCUT2D eigenvalue weighted by atomic mass is 16.1. The number of nitrogen functional groups attached to an aromatic ring is 1. The second-order valence-electron chi connectivity index (χ2n) is 5.54. The molecule has 0 saturated heterocycles. The zero-order valence-electron chi connectivity index (χ0n) is 11.8. The number of nitrogens with zero attached hydrogens (tertiary/aromatic N) is 2. The minimum absolute atomic E-state index is 0.0382. The van der Waals surface area contributed by atoms with Crippen LogP contribution in [0.1, 0.15) is 32.6 Å². The molecule has 0 aliphatic heterocycles. The lowest BCUT2D eigenvalue weighted by atomic mass is 9.85. The van der Waals surface area contributed by atoms with E-state index in [-0.39, 0.29) is 5.56 Å². The van der Waals surface area contributed by atoms with Gasteiger partial charge >= 0.3 is 0 Å². The molecular weight excluding hydrogens is 238 g/mol. The van der Waals surface area contributed by atoms with Gasteiger partial charge in [0.2, 0.25) is 0 Å². The van der Waals surface area contributed by atoms with Crippen LogP contribution in [0, 0.1) is 5.92 Å². The minimum Gasteiger partial charge on any atom is -0.398 e. The third kappa shape index (κ3) is 4.10. The lowest BCUT2D eigenvalue weighted by molar-refractivity contribution is 0.180. The Balaban J connectivity index is 1.77. The molecule has 2 N–H and O–H groups in total. The number of hydrogen-bond donors (Lipinski definition) is 1. The van der Waals surface area contributed by atoms with E-state index in [1.165, 1.54) is 25.8 Å². The average Bonchev–Trinajstić information content (AvgIpc) is 2.35. The van der Waals surface area contributed by atoms with E-state index in [0.29, 0.717) is 5.69 Å². The second kappa shape index (κ2) is 6.75. The predicted octanol–water partition coefficient (Wildman–Crippen LogP) is 1.94. The molecule has 1 aliphatic carbocycles. The van der Waals surface area contributed by atoms with E-state index >= 15 is 0 Å². The maximum atomic E-state index is 11.6. The Bertz CT molecular complexity index is 451. The van der Waals surface area contributed by atoms with Crippen molar-refractivity contribution in [2.45, 2.75) is 39.2 Å². The molecule has 0 bridgehead atoms. The van der Waals surface area contributed by atoms with Gasteiger partial charge in [0.25, 0.3) is 5.56 Å². The van der Waals surface area contributed by atoms with Crippen LogP contribution in [-0.2, 0) is 6.54 Å². The average molecular weight is 263 g/mol. The fourth-order valence-corrected chi connectivity index (χ4v) is 2.61. The van der Waals surface area contributed by atoms with E-state index < -0.39 is 0 Å². The quantitative estimate of drug-likeness (QED) is 0.818. The van der Waals surface area contributed by atoms with Gasteiger partial charge in [-0.05, 0) is 44.3 Å². The zero-order chi connectivity index (χ0) is 13.7. The zero-order valence-corrected chi connectivity index (χ0v) is 11.8. The number of pyridine rings is 1. The van der Waals surface area contributed by atoms with E-state index in [0.717, 1.165) is 32.0 Å². The highest BCUT2D eigenvalue weighted by molar-refractivity contribution is 5.33. The molecule has 4 heteroatoms. The van der Waals surface area contributed by atoms with Crippen molar-refractivity contribution >= 4 is 5.69 Å². The Morgan fingerprint density at radius 3 is 2.84 bits per heavy atom. The van der Waals surface area contributed by atoms with Crippen molar-refractivity contribution in [2.24, 2.45) is 5.92 Å². The van der Waals surface area contributed by atoms with Gasteiger partial charge < -0.3 is 15.2 Å². The summed E-state index contributed by atoms with van der Waals surface area (Å²) in [6.45, 7) is 6.36. The number of hydrogen-bond acceptors (Lipinski definition) is 3. The van der Waals surface area contributed by atoms with Gasteiger partial charge in [-0.1, -0.05) is 13.3 Å². The third-order valence-corrected chi connectivity index (χ3v) is 4.07. The van der Waals surface area contributed by atoms with Crippen molar-refractivity contribution in [3.05, 3.63) is 28.7 Å². The SMILES string of the molecule is CCN(CCCn1cc(N)ccc1=O)CC1CCC1. The molecule has 1 aromatic heterocycles. The Hall–Kier alpha value is -1.29. The van der Waals surface area contributed by atoms with Crippen LogP contribution >= 0.6 is 0 Å². The largest absolute Gasteiger partial charge is 0.398 e. The molecule has 1 saturated carbocycles. The molecule has 0 radical (unpaired) electrons. The number of rotatable bonds is 7. The van der Waals surface area contributed by atoms with E-state index in [9.17, 15) is 4.79 Å². The molecular formula is C15H25N3O. The first-order chi connectivity index (χ1) is 9.19. The lowest BCUT2D eigenvalue weighted by Crippen LogP contribution is -2.34. The van der Waals surface area contributed by atoms with Crippen molar-refractivity contribution < 1.29 is 0 Å². The molecule has 0 atom stereocenters. The first-order valence-electron chi connectivity index (χ1n) is 7.37. The summed E-state index contributed by atoms with van der Waals surface area (Å²) in [5.41, 5.74) is 6.40. The second-order valence-corrected chi connectivity index (χ2v) is 5.54. The molecule has 0 spiro atoms. The fourth-order valence-electron chi connectivity index (χ4n) is 2.61. The van der Waals surface area contributed by atoms with Crippen LogP contribution in [0.5, 0.6) is 0 Å². The molecule has 4 nitrogen and oxygen atoms in total. The maximum absolute atomic E-state index is 11.6.